The van der Waals surface area contributed by atoms with Crippen LogP contribution in [-0.2, 0) is 0 Å². The van der Waals surface area contributed by atoms with Gasteiger partial charge in [-0.1, -0.05) is 0 Å². The fraction of sp³-hybridized carbons (Fsp3) is 0.500. The number of halogens is 2. The van der Waals surface area contributed by atoms with Crippen LogP contribution in [0.4, 0.5) is 0 Å². The second-order valence-corrected chi connectivity index (χ2v) is 5.21. The van der Waals surface area contributed by atoms with Crippen molar-refractivity contribution in [3.05, 3.63) is 14.2 Å². The van der Waals surface area contributed by atoms with E-state index in [4.69, 9.17) is 4.74 Å². The molecule has 0 fully saturated rings. The second kappa shape index (κ2) is 7.92. The maximum absolute atomic E-state index is 11.8. The third-order valence-corrected chi connectivity index (χ3v) is 4.34. The van der Waals surface area contributed by atoms with Crippen LogP contribution in [0.25, 0.3) is 0 Å². The number of hydrogen-bond acceptors (Lipinski definition) is 4. The molecule has 1 aromatic rings. The minimum atomic E-state index is -0.0918. The Balaban J connectivity index is 0.00000256. The number of rotatable bonds is 5. The molecule has 1 rings (SSSR count). The first-order chi connectivity index (χ1) is 7.61. The summed E-state index contributed by atoms with van der Waals surface area (Å²) in [5, 5.41) is 5.79. The highest BCUT2D eigenvalue weighted by molar-refractivity contribution is 9.10. The van der Waals surface area contributed by atoms with Gasteiger partial charge in [-0.3, -0.25) is 4.79 Å². The van der Waals surface area contributed by atoms with E-state index < -0.39 is 0 Å². The lowest BCUT2D eigenvalue weighted by molar-refractivity contribution is 0.0955. The second-order valence-electron chi connectivity index (χ2n) is 3.19. The number of amides is 1. The molecule has 1 heterocycles. The van der Waals surface area contributed by atoms with Gasteiger partial charge in [-0.2, -0.15) is 0 Å². The van der Waals surface area contributed by atoms with Gasteiger partial charge in [0, 0.05) is 18.0 Å². The lowest BCUT2D eigenvalue weighted by atomic mass is 10.3. The standard InChI is InChI=1S/C10H15BrN2O2S.ClH/c1-6-7(11)8(15-3)9(16-6)10(14)13-5-4-12-2;/h12H,4-5H2,1-3H3,(H,13,14);1H. The summed E-state index contributed by atoms with van der Waals surface area (Å²) in [5.74, 6) is 0.523. The maximum Gasteiger partial charge on any atom is 0.265 e. The summed E-state index contributed by atoms with van der Waals surface area (Å²) in [4.78, 5) is 13.5. The SMILES string of the molecule is CNCCNC(=O)c1sc(C)c(Br)c1OC.Cl. The Kier molecular flexibility index (Phi) is 7.78. The fourth-order valence-corrected chi connectivity index (χ4v) is 2.88. The first kappa shape index (κ1) is 16.7. The van der Waals surface area contributed by atoms with Gasteiger partial charge in [0.05, 0.1) is 11.6 Å². The Morgan fingerprint density at radius 1 is 1.47 bits per heavy atom. The zero-order valence-electron chi connectivity index (χ0n) is 9.93. The maximum atomic E-state index is 11.8. The van der Waals surface area contributed by atoms with Crippen molar-refractivity contribution in [2.75, 3.05) is 27.2 Å². The number of hydrogen-bond donors (Lipinski definition) is 2. The van der Waals surface area contributed by atoms with Crippen molar-refractivity contribution < 1.29 is 9.53 Å². The molecule has 0 spiro atoms. The molecule has 1 aromatic heterocycles. The van der Waals surface area contributed by atoms with Crippen LogP contribution >= 0.6 is 39.7 Å². The summed E-state index contributed by atoms with van der Waals surface area (Å²) in [6.45, 7) is 3.30. The minimum Gasteiger partial charge on any atom is -0.494 e. The summed E-state index contributed by atoms with van der Waals surface area (Å²) in [6, 6.07) is 0. The summed E-state index contributed by atoms with van der Waals surface area (Å²) in [5.41, 5.74) is 0. The normalized spacial score (nSPS) is 9.65. The molecule has 0 atom stereocenters. The van der Waals surface area contributed by atoms with Gasteiger partial charge in [0.1, 0.15) is 4.88 Å². The summed E-state index contributed by atoms with van der Waals surface area (Å²) in [7, 11) is 3.41. The molecular formula is C10H16BrClN2O2S. The Morgan fingerprint density at radius 2 is 2.12 bits per heavy atom. The van der Waals surface area contributed by atoms with E-state index in [1.807, 2.05) is 14.0 Å². The minimum absolute atomic E-state index is 0. The first-order valence-electron chi connectivity index (χ1n) is 4.87. The molecule has 17 heavy (non-hydrogen) atoms. The molecule has 0 radical (unpaired) electrons. The van der Waals surface area contributed by atoms with Crippen LogP contribution in [0.1, 0.15) is 14.5 Å². The predicted molar refractivity (Wildman–Crippen MR) is 76.8 cm³/mol. The van der Waals surface area contributed by atoms with Gasteiger partial charge >= 0.3 is 0 Å². The van der Waals surface area contributed by atoms with Crippen molar-refractivity contribution in [2.45, 2.75) is 6.92 Å². The van der Waals surface area contributed by atoms with Crippen LogP contribution in [0.3, 0.4) is 0 Å². The first-order valence-corrected chi connectivity index (χ1v) is 6.48. The zero-order chi connectivity index (χ0) is 12.1. The number of methoxy groups -OCH3 is 1. The predicted octanol–water partition coefficient (Wildman–Crippen LogP) is 2.20. The van der Waals surface area contributed by atoms with Crippen LogP contribution < -0.4 is 15.4 Å². The topological polar surface area (TPSA) is 50.4 Å². The van der Waals surface area contributed by atoms with Crippen LogP contribution in [0.2, 0.25) is 0 Å². The number of nitrogens with one attached hydrogen (secondary N) is 2. The number of likely N-dealkylation sites (N-methyl/N-ethyl adjacent to an activating group) is 1. The average molecular weight is 344 g/mol. The molecule has 98 valence electrons. The largest absolute Gasteiger partial charge is 0.494 e. The van der Waals surface area contributed by atoms with E-state index in [0.717, 1.165) is 15.9 Å². The molecule has 0 aliphatic carbocycles. The lowest BCUT2D eigenvalue weighted by Crippen LogP contribution is -2.30. The monoisotopic (exact) mass is 342 g/mol. The van der Waals surface area contributed by atoms with Crippen LogP contribution in [0.15, 0.2) is 4.47 Å². The quantitative estimate of drug-likeness (QED) is 0.806. The van der Waals surface area contributed by atoms with E-state index in [0.29, 0.717) is 17.2 Å². The van der Waals surface area contributed by atoms with Crippen molar-refractivity contribution in [1.29, 1.82) is 0 Å². The van der Waals surface area contributed by atoms with Crippen LogP contribution in [-0.4, -0.2) is 33.2 Å². The Bertz CT molecular complexity index is 385. The van der Waals surface area contributed by atoms with Gasteiger partial charge < -0.3 is 15.4 Å². The third-order valence-electron chi connectivity index (χ3n) is 2.04. The summed E-state index contributed by atoms with van der Waals surface area (Å²) < 4.78 is 6.07. The fourth-order valence-electron chi connectivity index (χ4n) is 1.22. The number of carbonyl (C=O) groups is 1. The van der Waals surface area contributed by atoms with Crippen molar-refractivity contribution in [1.82, 2.24) is 10.6 Å². The molecule has 0 saturated carbocycles. The van der Waals surface area contributed by atoms with Gasteiger partial charge in [-0.25, -0.2) is 0 Å². The van der Waals surface area contributed by atoms with Gasteiger partial charge in [0.25, 0.3) is 5.91 Å². The molecule has 0 saturated heterocycles. The third kappa shape index (κ3) is 4.13. The average Bonchev–Trinajstić information content (AvgIpc) is 2.55. The molecule has 0 aliphatic heterocycles. The number of aryl methyl sites for hydroxylation is 1. The lowest BCUT2D eigenvalue weighted by Gasteiger charge is -2.05. The number of thiophene rings is 1. The van der Waals surface area contributed by atoms with Gasteiger partial charge in [-0.05, 0) is 29.9 Å². The Morgan fingerprint density at radius 3 is 2.65 bits per heavy atom. The van der Waals surface area contributed by atoms with E-state index in [1.54, 1.807) is 7.11 Å². The summed E-state index contributed by atoms with van der Waals surface area (Å²) >= 11 is 4.83. The van der Waals surface area contributed by atoms with Crippen LogP contribution in [0.5, 0.6) is 5.75 Å². The molecular weight excluding hydrogens is 328 g/mol. The molecule has 4 nitrogen and oxygen atoms in total. The Hall–Kier alpha value is -0.300. The number of carbonyl (C=O) groups excluding carboxylic acids is 1. The highest BCUT2D eigenvalue weighted by Crippen LogP contribution is 2.38. The van der Waals surface area contributed by atoms with Crippen LogP contribution in [0, 0.1) is 6.92 Å². The van der Waals surface area contributed by atoms with Crippen molar-refractivity contribution in [3.8, 4) is 5.75 Å². The molecule has 0 aliphatic rings. The molecule has 2 N–H and O–H groups in total. The zero-order valence-corrected chi connectivity index (χ0v) is 13.1. The highest BCUT2D eigenvalue weighted by atomic mass is 79.9. The molecule has 0 aromatic carbocycles. The van der Waals surface area contributed by atoms with Crippen molar-refractivity contribution in [2.24, 2.45) is 0 Å². The van der Waals surface area contributed by atoms with E-state index in [2.05, 4.69) is 26.6 Å². The smallest absolute Gasteiger partial charge is 0.265 e. The van der Waals surface area contributed by atoms with Gasteiger partial charge in [0.2, 0.25) is 0 Å². The van der Waals surface area contributed by atoms with Crippen molar-refractivity contribution in [3.63, 3.8) is 0 Å². The van der Waals surface area contributed by atoms with Gasteiger partial charge in [-0.15, -0.1) is 23.7 Å². The van der Waals surface area contributed by atoms with E-state index >= 15 is 0 Å². The molecule has 1 amide bonds. The van der Waals surface area contributed by atoms with Gasteiger partial charge in [0.15, 0.2) is 5.75 Å². The van der Waals surface area contributed by atoms with E-state index in [9.17, 15) is 4.79 Å². The molecule has 0 bridgehead atoms. The summed E-state index contributed by atoms with van der Waals surface area (Å²) in [6.07, 6.45) is 0. The van der Waals surface area contributed by atoms with E-state index in [1.165, 1.54) is 11.3 Å². The molecule has 7 heteroatoms. The van der Waals surface area contributed by atoms with E-state index in [-0.39, 0.29) is 18.3 Å². The number of ether oxygens (including phenoxy) is 1. The Labute approximate surface area is 120 Å². The molecule has 0 unspecified atom stereocenters. The highest BCUT2D eigenvalue weighted by Gasteiger charge is 2.20. The van der Waals surface area contributed by atoms with Crippen molar-refractivity contribution >= 4 is 45.6 Å².